The molecule has 0 N–H and O–H groups in total. The van der Waals surface area contributed by atoms with Crippen LogP contribution in [-0.4, -0.2) is 0 Å². The van der Waals surface area contributed by atoms with Crippen molar-refractivity contribution in [3.63, 3.8) is 0 Å². The Kier molecular flexibility index (Phi) is 3.37. The summed E-state index contributed by atoms with van der Waals surface area (Å²) >= 11 is 0. The van der Waals surface area contributed by atoms with Gasteiger partial charge in [-0.25, -0.2) is 0 Å². The van der Waals surface area contributed by atoms with Crippen LogP contribution < -0.4 is 0 Å². The molecule has 1 atom stereocenters. The van der Waals surface area contributed by atoms with E-state index in [1.54, 1.807) is 22.3 Å². The summed E-state index contributed by atoms with van der Waals surface area (Å²) in [4.78, 5) is 0. The summed E-state index contributed by atoms with van der Waals surface area (Å²) < 4.78 is 0. The molecule has 88 valence electrons. The van der Waals surface area contributed by atoms with Crippen LogP contribution in [0, 0.1) is 5.92 Å². The monoisotopic (exact) mass is 216 g/mol. The van der Waals surface area contributed by atoms with Crippen LogP contribution in [0.5, 0.6) is 0 Å². The summed E-state index contributed by atoms with van der Waals surface area (Å²) in [7, 11) is 0. The Balaban J connectivity index is 2.32. The average Bonchev–Trinajstić information content (AvgIpc) is 2.19. The van der Waals surface area contributed by atoms with Crippen molar-refractivity contribution in [3.8, 4) is 0 Å². The molecule has 0 spiro atoms. The molecular formula is C16H24. The zero-order valence-electron chi connectivity index (χ0n) is 11.2. The van der Waals surface area contributed by atoms with Crippen LogP contribution in [0.4, 0.5) is 0 Å². The molecule has 0 saturated heterocycles. The summed E-state index contributed by atoms with van der Waals surface area (Å²) in [6.07, 6.45) is 8.93. The minimum atomic E-state index is 0.894. The Bertz CT molecular complexity index is 377. The topological polar surface area (TPSA) is 0 Å². The van der Waals surface area contributed by atoms with E-state index in [1.807, 2.05) is 0 Å². The Morgan fingerprint density at radius 3 is 2.38 bits per heavy atom. The van der Waals surface area contributed by atoms with E-state index in [0.29, 0.717) is 0 Å². The van der Waals surface area contributed by atoms with Crippen molar-refractivity contribution < 1.29 is 0 Å². The summed E-state index contributed by atoms with van der Waals surface area (Å²) in [6, 6.07) is 0. The largest absolute Gasteiger partial charge is 0.0727 e. The molecule has 0 aromatic heterocycles. The fourth-order valence-corrected chi connectivity index (χ4v) is 3.20. The normalized spacial score (nSPS) is 27.2. The van der Waals surface area contributed by atoms with Crippen LogP contribution in [0.15, 0.2) is 33.9 Å². The van der Waals surface area contributed by atoms with E-state index in [0.717, 1.165) is 5.92 Å². The van der Waals surface area contributed by atoms with E-state index in [1.165, 1.54) is 37.7 Å². The van der Waals surface area contributed by atoms with Gasteiger partial charge in [0.1, 0.15) is 0 Å². The molecule has 0 amide bonds. The molecule has 2 aliphatic rings. The van der Waals surface area contributed by atoms with Gasteiger partial charge in [-0.05, 0) is 75.5 Å². The van der Waals surface area contributed by atoms with Gasteiger partial charge in [-0.15, -0.1) is 0 Å². The lowest BCUT2D eigenvalue weighted by atomic mass is 9.78. The summed E-state index contributed by atoms with van der Waals surface area (Å²) in [5.41, 5.74) is 8.08. The number of allylic oxidation sites excluding steroid dienone is 6. The van der Waals surface area contributed by atoms with Crippen LogP contribution in [0.25, 0.3) is 0 Å². The van der Waals surface area contributed by atoms with Crippen molar-refractivity contribution in [1.29, 1.82) is 0 Å². The van der Waals surface area contributed by atoms with Gasteiger partial charge in [0.2, 0.25) is 0 Å². The molecule has 0 bridgehead atoms. The summed E-state index contributed by atoms with van der Waals surface area (Å²) in [6.45, 7) is 9.27. The van der Waals surface area contributed by atoms with Gasteiger partial charge in [0, 0.05) is 0 Å². The highest BCUT2D eigenvalue weighted by Gasteiger charge is 2.20. The molecule has 16 heavy (non-hydrogen) atoms. The molecule has 2 aliphatic carbocycles. The van der Waals surface area contributed by atoms with E-state index in [4.69, 9.17) is 0 Å². The number of rotatable bonds is 1. The van der Waals surface area contributed by atoms with Crippen molar-refractivity contribution in [3.05, 3.63) is 33.9 Å². The summed E-state index contributed by atoms with van der Waals surface area (Å²) in [5.74, 6) is 0.894. The number of hydrogen-bond acceptors (Lipinski definition) is 0. The first kappa shape index (κ1) is 11.7. The Hall–Kier alpha value is -0.780. The maximum atomic E-state index is 2.39. The van der Waals surface area contributed by atoms with Gasteiger partial charge < -0.3 is 0 Å². The van der Waals surface area contributed by atoms with Crippen molar-refractivity contribution in [2.75, 3.05) is 0 Å². The molecule has 0 heterocycles. The zero-order chi connectivity index (χ0) is 11.7. The SMILES string of the molecule is CC1=CC(C)=C(C2=C(C)CC(C)CC2)CC1. The van der Waals surface area contributed by atoms with E-state index in [-0.39, 0.29) is 0 Å². The van der Waals surface area contributed by atoms with Gasteiger partial charge in [0.25, 0.3) is 0 Å². The highest BCUT2D eigenvalue weighted by molar-refractivity contribution is 5.45. The van der Waals surface area contributed by atoms with Crippen molar-refractivity contribution in [2.45, 2.75) is 59.8 Å². The van der Waals surface area contributed by atoms with Gasteiger partial charge in [-0.1, -0.05) is 24.1 Å². The van der Waals surface area contributed by atoms with E-state index >= 15 is 0 Å². The second-order valence-corrected chi connectivity index (χ2v) is 5.76. The molecule has 0 aliphatic heterocycles. The van der Waals surface area contributed by atoms with Crippen molar-refractivity contribution in [1.82, 2.24) is 0 Å². The second-order valence-electron chi connectivity index (χ2n) is 5.76. The second kappa shape index (κ2) is 4.61. The van der Waals surface area contributed by atoms with E-state index in [2.05, 4.69) is 33.8 Å². The first-order valence-corrected chi connectivity index (χ1v) is 6.64. The lowest BCUT2D eigenvalue weighted by Crippen LogP contribution is -2.10. The van der Waals surface area contributed by atoms with Crippen LogP contribution >= 0.6 is 0 Å². The summed E-state index contributed by atoms with van der Waals surface area (Å²) in [5, 5.41) is 0. The fourth-order valence-electron chi connectivity index (χ4n) is 3.20. The minimum Gasteiger partial charge on any atom is -0.0727 e. The third-order valence-electron chi connectivity index (χ3n) is 4.13. The molecule has 0 aromatic carbocycles. The lowest BCUT2D eigenvalue weighted by Gasteiger charge is -2.27. The minimum absolute atomic E-state index is 0.894. The third kappa shape index (κ3) is 2.31. The molecule has 0 saturated carbocycles. The van der Waals surface area contributed by atoms with Crippen LogP contribution in [0.2, 0.25) is 0 Å². The Labute approximate surface area is 100 Å². The van der Waals surface area contributed by atoms with Gasteiger partial charge in [0.15, 0.2) is 0 Å². The smallest absolute Gasteiger partial charge is 0.0236 e. The first-order valence-electron chi connectivity index (χ1n) is 6.64. The standard InChI is InChI=1S/C16H24/c1-11-5-7-15(13(3)9-11)16-8-6-12(2)10-14(16)4/h9,12H,5-8,10H2,1-4H3. The third-order valence-corrected chi connectivity index (χ3v) is 4.13. The molecular weight excluding hydrogens is 192 g/mol. The van der Waals surface area contributed by atoms with Crippen molar-refractivity contribution in [2.24, 2.45) is 5.92 Å². The molecule has 0 fully saturated rings. The molecule has 2 rings (SSSR count). The van der Waals surface area contributed by atoms with Gasteiger partial charge in [0.05, 0.1) is 0 Å². The first-order chi connectivity index (χ1) is 7.58. The quantitative estimate of drug-likeness (QED) is 0.566. The highest BCUT2D eigenvalue weighted by Crippen LogP contribution is 2.38. The van der Waals surface area contributed by atoms with Gasteiger partial charge >= 0.3 is 0 Å². The highest BCUT2D eigenvalue weighted by atomic mass is 14.3. The van der Waals surface area contributed by atoms with Gasteiger partial charge in [-0.2, -0.15) is 0 Å². The van der Waals surface area contributed by atoms with Crippen LogP contribution in [0.1, 0.15) is 59.8 Å². The van der Waals surface area contributed by atoms with Crippen LogP contribution in [-0.2, 0) is 0 Å². The van der Waals surface area contributed by atoms with E-state index < -0.39 is 0 Å². The van der Waals surface area contributed by atoms with Gasteiger partial charge in [-0.3, -0.25) is 0 Å². The van der Waals surface area contributed by atoms with Crippen molar-refractivity contribution >= 4 is 0 Å². The molecule has 0 heteroatoms. The predicted octanol–water partition coefficient (Wildman–Crippen LogP) is 5.18. The van der Waals surface area contributed by atoms with E-state index in [9.17, 15) is 0 Å². The molecule has 0 nitrogen and oxygen atoms in total. The number of hydrogen-bond donors (Lipinski definition) is 0. The maximum absolute atomic E-state index is 2.39. The molecule has 0 aromatic rings. The van der Waals surface area contributed by atoms with Crippen LogP contribution in [0.3, 0.4) is 0 Å². The fraction of sp³-hybridized carbons (Fsp3) is 0.625. The molecule has 0 radical (unpaired) electrons. The predicted molar refractivity (Wildman–Crippen MR) is 71.4 cm³/mol. The Morgan fingerprint density at radius 1 is 1.00 bits per heavy atom. The maximum Gasteiger partial charge on any atom is -0.0236 e. The molecule has 1 unspecified atom stereocenters. The average molecular weight is 216 g/mol. The lowest BCUT2D eigenvalue weighted by molar-refractivity contribution is 0.496. The Morgan fingerprint density at radius 2 is 1.75 bits per heavy atom. The zero-order valence-corrected chi connectivity index (χ0v) is 11.2.